The lowest BCUT2D eigenvalue weighted by atomic mass is 10.0. The summed E-state index contributed by atoms with van der Waals surface area (Å²) in [6, 6.07) is -1.58. The van der Waals surface area contributed by atoms with Crippen molar-refractivity contribution in [3.63, 3.8) is 0 Å². The van der Waals surface area contributed by atoms with E-state index in [0.29, 0.717) is 6.42 Å². The number of carboxylic acid groups (broad SMARTS) is 1. The van der Waals surface area contributed by atoms with Gasteiger partial charge in [-0.15, -0.1) is 0 Å². The van der Waals surface area contributed by atoms with E-state index in [1.54, 1.807) is 13.8 Å². The molecule has 0 bridgehead atoms. The minimum Gasteiger partial charge on any atom is -0.480 e. The van der Waals surface area contributed by atoms with Crippen LogP contribution in [0.2, 0.25) is 1.41 Å². The Morgan fingerprint density at radius 2 is 1.94 bits per heavy atom. The highest BCUT2D eigenvalue weighted by Gasteiger charge is 2.25. The first-order valence-electron chi connectivity index (χ1n) is 6.00. The molecule has 0 rings (SSSR count). The lowest BCUT2D eigenvalue weighted by Crippen LogP contribution is -2.50. The first-order chi connectivity index (χ1) is 7.79. The van der Waals surface area contributed by atoms with E-state index in [9.17, 15) is 9.59 Å². The number of carboxylic acids is 1. The molecule has 0 aliphatic rings. The maximum atomic E-state index is 11.8. The van der Waals surface area contributed by atoms with E-state index < -0.39 is 24.0 Å². The molecule has 0 saturated heterocycles. The summed E-state index contributed by atoms with van der Waals surface area (Å²) in [7, 11) is 0. The fourth-order valence-electron chi connectivity index (χ4n) is 1.35. The van der Waals surface area contributed by atoms with E-state index in [1.807, 2.05) is 13.8 Å². The maximum Gasteiger partial charge on any atom is 0.326 e. The number of carbonyl (C=O) groups is 2. The number of hydrogen-bond acceptors (Lipinski definition) is 3. The number of amides is 1. The fraction of sp³-hybridized carbons (Fsp3) is 0.818. The second kappa shape index (κ2) is 6.48. The van der Waals surface area contributed by atoms with Gasteiger partial charge in [0.1, 0.15) is 7.45 Å². The molecule has 0 unspecified atom stereocenters. The Kier molecular flexibility index (Phi) is 5.25. The number of rotatable bonds is 7. The Hall–Kier alpha value is -1.10. The highest BCUT2D eigenvalue weighted by atomic mass is 16.4. The largest absolute Gasteiger partial charge is 0.480 e. The van der Waals surface area contributed by atoms with Crippen molar-refractivity contribution < 1.29 is 16.1 Å². The summed E-state index contributed by atoms with van der Waals surface area (Å²) in [6.45, 7) is 7.33. The molecule has 16 heavy (non-hydrogen) atoms. The Bertz CT molecular complexity index is 269. The van der Waals surface area contributed by atoms with Gasteiger partial charge in [0.05, 0.1) is 6.04 Å². The summed E-state index contributed by atoms with van der Waals surface area (Å²) >= 11 is 0. The first-order valence-corrected chi connectivity index (χ1v) is 5.50. The van der Waals surface area contributed by atoms with Crippen LogP contribution in [0.1, 0.15) is 34.1 Å². The van der Waals surface area contributed by atoms with Crippen molar-refractivity contribution in [3.8, 4) is 0 Å². The average Bonchev–Trinajstić information content (AvgIpc) is 2.20. The van der Waals surface area contributed by atoms with Crippen LogP contribution < -0.4 is 11.0 Å². The van der Waals surface area contributed by atoms with Gasteiger partial charge in [-0.1, -0.05) is 27.7 Å². The second-order valence-electron chi connectivity index (χ2n) is 4.75. The van der Waals surface area contributed by atoms with Crippen molar-refractivity contribution >= 4 is 11.9 Å². The Morgan fingerprint density at radius 3 is 2.25 bits per heavy atom. The summed E-state index contributed by atoms with van der Waals surface area (Å²) in [4.78, 5) is 22.7. The highest BCUT2D eigenvalue weighted by Crippen LogP contribution is 2.05. The summed E-state index contributed by atoms with van der Waals surface area (Å²) < 4.78 is 7.08. The average molecular weight is 231 g/mol. The van der Waals surface area contributed by atoms with Crippen LogP contribution in [0, 0.1) is 11.8 Å². The molecule has 1 amide bonds. The van der Waals surface area contributed by atoms with Crippen LogP contribution in [0.3, 0.4) is 0 Å². The molecule has 5 heteroatoms. The SMILES string of the molecule is [2H]N[C@@H](CC(C)C)C(=O)N[C@H](C(=O)O)C(C)C. The van der Waals surface area contributed by atoms with Gasteiger partial charge in [-0.3, -0.25) is 4.79 Å². The molecule has 94 valence electrons. The number of nitrogens with two attached hydrogens (primary N) is 1. The third kappa shape index (κ3) is 5.11. The van der Waals surface area contributed by atoms with E-state index >= 15 is 0 Å². The van der Waals surface area contributed by atoms with E-state index in [2.05, 4.69) is 11.0 Å². The Labute approximate surface area is 97.9 Å². The number of nitrogens with one attached hydrogen (secondary N) is 1. The minimum absolute atomic E-state index is 0.193. The van der Waals surface area contributed by atoms with Gasteiger partial charge in [0.25, 0.3) is 0 Å². The van der Waals surface area contributed by atoms with Gasteiger partial charge in [-0.05, 0) is 18.3 Å². The standard InChI is InChI=1S/C11H22N2O3/c1-6(2)5-8(12)10(14)13-9(7(3)4)11(15)16/h6-9H,5,12H2,1-4H3,(H,13,14)(H,15,16)/t8-,9-/m0/s1/i/hD. The predicted molar refractivity (Wildman–Crippen MR) is 61.8 cm³/mol. The van der Waals surface area contributed by atoms with Crippen LogP contribution in [0.5, 0.6) is 0 Å². The van der Waals surface area contributed by atoms with E-state index in [4.69, 9.17) is 6.52 Å². The zero-order valence-corrected chi connectivity index (χ0v) is 10.3. The molecule has 2 atom stereocenters. The van der Waals surface area contributed by atoms with Crippen LogP contribution in [-0.4, -0.2) is 29.1 Å². The van der Waals surface area contributed by atoms with Crippen molar-refractivity contribution in [2.45, 2.75) is 46.2 Å². The molecule has 0 fully saturated rings. The zero-order valence-electron chi connectivity index (χ0n) is 11.3. The molecule has 4 N–H and O–H groups in total. The predicted octanol–water partition coefficient (Wildman–Crippen LogP) is 0.585. The normalized spacial score (nSPS) is 15.8. The van der Waals surface area contributed by atoms with Crippen LogP contribution in [-0.2, 0) is 9.59 Å². The van der Waals surface area contributed by atoms with Crippen LogP contribution in [0.15, 0.2) is 0 Å². The lowest BCUT2D eigenvalue weighted by molar-refractivity contribution is -0.143. The molecule has 0 heterocycles. The van der Waals surface area contributed by atoms with Gasteiger partial charge in [-0.2, -0.15) is 0 Å². The second-order valence-corrected chi connectivity index (χ2v) is 4.75. The van der Waals surface area contributed by atoms with Crippen molar-refractivity contribution in [2.24, 2.45) is 17.6 Å². The van der Waals surface area contributed by atoms with Crippen LogP contribution in [0.4, 0.5) is 0 Å². The van der Waals surface area contributed by atoms with Gasteiger partial charge in [0.15, 0.2) is 0 Å². The summed E-state index contributed by atoms with van der Waals surface area (Å²) in [6.07, 6.45) is 0.500. The molecule has 0 spiro atoms. The number of aliphatic carboxylic acids is 1. The molecule has 5 nitrogen and oxygen atoms in total. The molecule has 0 aliphatic heterocycles. The van der Waals surface area contributed by atoms with Gasteiger partial charge >= 0.3 is 5.97 Å². The third-order valence-corrected chi connectivity index (χ3v) is 2.25. The van der Waals surface area contributed by atoms with Crippen molar-refractivity contribution in [1.29, 1.82) is 0 Å². The van der Waals surface area contributed by atoms with Gasteiger partial charge in [-0.25, -0.2) is 4.79 Å². The molecule has 0 radical (unpaired) electrons. The van der Waals surface area contributed by atoms with Crippen molar-refractivity contribution in [3.05, 3.63) is 0 Å². The summed E-state index contributed by atoms with van der Waals surface area (Å²) in [5.41, 5.74) is 2.16. The summed E-state index contributed by atoms with van der Waals surface area (Å²) in [5, 5.41) is 11.4. The molecular weight excluding hydrogens is 208 g/mol. The Balaban J connectivity index is 4.52. The molecule has 0 saturated carbocycles. The highest BCUT2D eigenvalue weighted by molar-refractivity contribution is 5.86. The molecular formula is C11H22N2O3. The number of hydrogen-bond donors (Lipinski definition) is 3. The van der Waals surface area contributed by atoms with Crippen molar-refractivity contribution in [1.82, 2.24) is 5.32 Å². The number of carbonyl (C=O) groups excluding carboxylic acids is 1. The lowest BCUT2D eigenvalue weighted by Gasteiger charge is -2.21. The first kappa shape index (κ1) is 13.0. The fourth-order valence-corrected chi connectivity index (χ4v) is 1.35. The quantitative estimate of drug-likeness (QED) is 0.597. The van der Waals surface area contributed by atoms with E-state index in [1.165, 1.54) is 0 Å². The zero-order chi connectivity index (χ0) is 13.6. The molecule has 0 aliphatic carbocycles. The maximum absolute atomic E-state index is 11.8. The molecule has 0 aromatic heterocycles. The molecule has 0 aromatic rings. The Morgan fingerprint density at radius 1 is 1.38 bits per heavy atom. The molecule has 0 aromatic carbocycles. The van der Waals surface area contributed by atoms with Gasteiger partial charge in [0, 0.05) is 0 Å². The third-order valence-electron chi connectivity index (χ3n) is 2.25. The van der Waals surface area contributed by atoms with Crippen molar-refractivity contribution in [2.75, 3.05) is 0 Å². The monoisotopic (exact) mass is 231 g/mol. The van der Waals surface area contributed by atoms with E-state index in [0.717, 1.165) is 0 Å². The van der Waals surface area contributed by atoms with Gasteiger partial charge < -0.3 is 16.2 Å². The van der Waals surface area contributed by atoms with Crippen LogP contribution >= 0.6 is 0 Å². The van der Waals surface area contributed by atoms with Crippen LogP contribution in [0.25, 0.3) is 0 Å². The van der Waals surface area contributed by atoms with E-state index in [-0.39, 0.29) is 11.8 Å². The summed E-state index contributed by atoms with van der Waals surface area (Å²) in [5.74, 6) is -1.43. The topological polar surface area (TPSA) is 92.4 Å². The van der Waals surface area contributed by atoms with Gasteiger partial charge in [0.2, 0.25) is 5.91 Å². The minimum atomic E-state index is -1.05. The smallest absolute Gasteiger partial charge is 0.326 e.